The van der Waals surface area contributed by atoms with Gasteiger partial charge in [0, 0.05) is 12.6 Å². The van der Waals surface area contributed by atoms with Gasteiger partial charge in [0.05, 0.1) is 17.5 Å². The van der Waals surface area contributed by atoms with Crippen LogP contribution >= 0.6 is 0 Å². The Morgan fingerprint density at radius 1 is 1.13 bits per heavy atom. The van der Waals surface area contributed by atoms with E-state index in [0.717, 1.165) is 0 Å². The second kappa shape index (κ2) is 5.92. The minimum atomic E-state index is -0.316. The lowest BCUT2D eigenvalue weighted by Crippen LogP contribution is -2.17. The molecular weight excluding hydrogens is 294 g/mol. The molecule has 23 heavy (non-hydrogen) atoms. The van der Waals surface area contributed by atoms with Crippen LogP contribution in [0.25, 0.3) is 0 Å². The molecular formula is C17H15N3O3. The number of nitrogens with one attached hydrogen (secondary N) is 1. The molecule has 116 valence electrons. The first kappa shape index (κ1) is 14.8. The molecule has 0 bridgehead atoms. The molecule has 0 spiro atoms. The molecule has 0 unspecified atom stereocenters. The van der Waals surface area contributed by atoms with Crippen molar-refractivity contribution in [1.82, 2.24) is 9.78 Å². The Kier molecular flexibility index (Phi) is 3.80. The van der Waals surface area contributed by atoms with Crippen LogP contribution in [-0.4, -0.2) is 21.5 Å². The summed E-state index contributed by atoms with van der Waals surface area (Å²) < 4.78 is 6.64. The van der Waals surface area contributed by atoms with E-state index in [0.29, 0.717) is 22.6 Å². The van der Waals surface area contributed by atoms with Gasteiger partial charge in [0.25, 0.3) is 5.91 Å². The standard InChI is InChI=1S/C17H15N3O3/c1-11-14(15(21)13-9-6-10-23-13)16(20(2)19-11)18-17(22)12-7-4-3-5-8-12/h3-10H,1-2H3,(H,18,22). The van der Waals surface area contributed by atoms with E-state index < -0.39 is 0 Å². The summed E-state index contributed by atoms with van der Waals surface area (Å²) >= 11 is 0. The van der Waals surface area contributed by atoms with Gasteiger partial charge in [-0.25, -0.2) is 0 Å². The van der Waals surface area contributed by atoms with Crippen molar-refractivity contribution < 1.29 is 14.0 Å². The summed E-state index contributed by atoms with van der Waals surface area (Å²) in [7, 11) is 1.67. The van der Waals surface area contributed by atoms with Crippen molar-refractivity contribution in [2.75, 3.05) is 5.32 Å². The third-order valence-corrected chi connectivity index (χ3v) is 3.46. The Morgan fingerprint density at radius 2 is 1.87 bits per heavy atom. The van der Waals surface area contributed by atoms with Crippen molar-refractivity contribution in [1.29, 1.82) is 0 Å². The van der Waals surface area contributed by atoms with E-state index >= 15 is 0 Å². The van der Waals surface area contributed by atoms with Gasteiger partial charge in [-0.2, -0.15) is 5.10 Å². The maximum absolute atomic E-state index is 12.6. The number of carbonyl (C=O) groups excluding carboxylic acids is 2. The monoisotopic (exact) mass is 309 g/mol. The fourth-order valence-corrected chi connectivity index (χ4v) is 2.37. The Morgan fingerprint density at radius 3 is 2.52 bits per heavy atom. The van der Waals surface area contributed by atoms with Gasteiger partial charge in [0.2, 0.25) is 5.78 Å². The molecule has 3 aromatic rings. The summed E-state index contributed by atoms with van der Waals surface area (Å²) in [4.78, 5) is 24.9. The number of ketones is 1. The molecule has 2 heterocycles. The first-order valence-corrected chi connectivity index (χ1v) is 7.06. The molecule has 2 aromatic heterocycles. The molecule has 0 fully saturated rings. The van der Waals surface area contributed by atoms with E-state index in [9.17, 15) is 9.59 Å². The number of furan rings is 1. The van der Waals surface area contributed by atoms with Gasteiger partial charge < -0.3 is 9.73 Å². The summed E-state index contributed by atoms with van der Waals surface area (Å²) in [6.07, 6.45) is 1.43. The number of rotatable bonds is 4. The molecule has 0 aliphatic carbocycles. The van der Waals surface area contributed by atoms with E-state index in [1.54, 1.807) is 50.4 Å². The summed E-state index contributed by atoms with van der Waals surface area (Å²) in [5.74, 6) is -0.0693. The van der Waals surface area contributed by atoms with E-state index in [4.69, 9.17) is 4.42 Å². The van der Waals surface area contributed by atoms with Gasteiger partial charge >= 0.3 is 0 Å². The minimum Gasteiger partial charge on any atom is -0.461 e. The summed E-state index contributed by atoms with van der Waals surface area (Å²) in [6, 6.07) is 12.0. The molecule has 0 aliphatic rings. The third-order valence-electron chi connectivity index (χ3n) is 3.46. The lowest BCUT2D eigenvalue weighted by molar-refractivity contribution is 0.101. The van der Waals surface area contributed by atoms with Crippen LogP contribution in [0.15, 0.2) is 53.1 Å². The fourth-order valence-electron chi connectivity index (χ4n) is 2.37. The van der Waals surface area contributed by atoms with Gasteiger partial charge in [0.1, 0.15) is 5.82 Å². The number of nitrogens with zero attached hydrogens (tertiary/aromatic N) is 2. The molecule has 6 nitrogen and oxygen atoms in total. The largest absolute Gasteiger partial charge is 0.461 e. The van der Waals surface area contributed by atoms with Gasteiger partial charge in [-0.3, -0.25) is 14.3 Å². The fraction of sp³-hybridized carbons (Fsp3) is 0.118. The highest BCUT2D eigenvalue weighted by molar-refractivity contribution is 6.14. The average Bonchev–Trinajstić information content (AvgIpc) is 3.17. The number of aryl methyl sites for hydroxylation is 2. The van der Waals surface area contributed by atoms with Crippen LogP contribution in [0.4, 0.5) is 5.82 Å². The maximum Gasteiger partial charge on any atom is 0.256 e. The van der Waals surface area contributed by atoms with Gasteiger partial charge in [0.15, 0.2) is 5.76 Å². The SMILES string of the molecule is Cc1nn(C)c(NC(=O)c2ccccc2)c1C(=O)c1ccco1. The number of hydrogen-bond donors (Lipinski definition) is 1. The van der Waals surface area contributed by atoms with Gasteiger partial charge in [-0.1, -0.05) is 18.2 Å². The zero-order valence-corrected chi connectivity index (χ0v) is 12.7. The zero-order valence-electron chi connectivity index (χ0n) is 12.7. The van der Waals surface area contributed by atoms with E-state index in [1.165, 1.54) is 10.9 Å². The van der Waals surface area contributed by atoms with Crippen LogP contribution in [0.3, 0.4) is 0 Å². The quantitative estimate of drug-likeness (QED) is 0.752. The number of carbonyl (C=O) groups is 2. The highest BCUT2D eigenvalue weighted by Gasteiger charge is 2.24. The molecule has 0 saturated carbocycles. The third kappa shape index (κ3) is 2.78. The molecule has 1 N–H and O–H groups in total. The second-order valence-electron chi connectivity index (χ2n) is 5.06. The van der Waals surface area contributed by atoms with Crippen LogP contribution in [0, 0.1) is 6.92 Å². The van der Waals surface area contributed by atoms with Crippen molar-refractivity contribution in [3.05, 3.63) is 71.3 Å². The summed E-state index contributed by atoms with van der Waals surface area (Å²) in [5, 5.41) is 6.99. The minimum absolute atomic E-state index is 0.205. The van der Waals surface area contributed by atoms with Crippen LogP contribution in [0.5, 0.6) is 0 Å². The maximum atomic E-state index is 12.6. The van der Waals surface area contributed by atoms with E-state index in [-0.39, 0.29) is 17.5 Å². The molecule has 1 amide bonds. The van der Waals surface area contributed by atoms with E-state index in [1.807, 2.05) is 6.07 Å². The topological polar surface area (TPSA) is 77.1 Å². The Labute approximate surface area is 132 Å². The Bertz CT molecular complexity index is 849. The predicted octanol–water partition coefficient (Wildman–Crippen LogP) is 2.80. The van der Waals surface area contributed by atoms with Crippen LogP contribution in [0.1, 0.15) is 32.2 Å². The second-order valence-corrected chi connectivity index (χ2v) is 5.06. The highest BCUT2D eigenvalue weighted by atomic mass is 16.3. The first-order chi connectivity index (χ1) is 11.1. The highest BCUT2D eigenvalue weighted by Crippen LogP contribution is 2.23. The number of hydrogen-bond acceptors (Lipinski definition) is 4. The summed E-state index contributed by atoms with van der Waals surface area (Å²) in [5.41, 5.74) is 1.35. The lowest BCUT2D eigenvalue weighted by atomic mass is 10.1. The average molecular weight is 309 g/mol. The van der Waals surface area contributed by atoms with Crippen molar-refractivity contribution in [2.45, 2.75) is 6.92 Å². The normalized spacial score (nSPS) is 10.5. The molecule has 0 atom stereocenters. The van der Waals surface area contributed by atoms with Crippen molar-refractivity contribution in [3.8, 4) is 0 Å². The smallest absolute Gasteiger partial charge is 0.256 e. The number of benzene rings is 1. The van der Waals surface area contributed by atoms with Crippen LogP contribution in [0.2, 0.25) is 0 Å². The first-order valence-electron chi connectivity index (χ1n) is 7.06. The van der Waals surface area contributed by atoms with Crippen molar-refractivity contribution in [3.63, 3.8) is 0 Å². The molecule has 3 rings (SSSR count). The van der Waals surface area contributed by atoms with Crippen LogP contribution < -0.4 is 5.32 Å². The van der Waals surface area contributed by atoms with Gasteiger partial charge in [-0.15, -0.1) is 0 Å². The zero-order chi connectivity index (χ0) is 16.4. The molecule has 0 radical (unpaired) electrons. The predicted molar refractivity (Wildman–Crippen MR) is 84.5 cm³/mol. The molecule has 6 heteroatoms. The number of anilines is 1. The molecule has 0 saturated heterocycles. The van der Waals surface area contributed by atoms with Crippen LogP contribution in [-0.2, 0) is 7.05 Å². The van der Waals surface area contributed by atoms with Crippen molar-refractivity contribution in [2.24, 2.45) is 7.05 Å². The Hall–Kier alpha value is -3.15. The number of aromatic nitrogens is 2. The lowest BCUT2D eigenvalue weighted by Gasteiger charge is -2.07. The van der Waals surface area contributed by atoms with Crippen molar-refractivity contribution >= 4 is 17.5 Å². The molecule has 1 aromatic carbocycles. The summed E-state index contributed by atoms with van der Waals surface area (Å²) in [6.45, 7) is 1.72. The number of amides is 1. The van der Waals surface area contributed by atoms with Gasteiger partial charge in [-0.05, 0) is 31.2 Å². The Balaban J connectivity index is 1.97. The van der Waals surface area contributed by atoms with E-state index in [2.05, 4.69) is 10.4 Å². The molecule has 0 aliphatic heterocycles.